The number of nitrogens with zero attached hydrogens (tertiary/aromatic N) is 1. The molecule has 2 nitrogen and oxygen atoms in total. The topological polar surface area (TPSA) is 33.0 Å². The van der Waals surface area contributed by atoms with Gasteiger partial charge in [0.1, 0.15) is 17.6 Å². The van der Waals surface area contributed by atoms with Crippen LogP contribution in [0.25, 0.3) is 0 Å². The normalized spacial score (nSPS) is 19.8. The molecule has 0 aromatic heterocycles. The summed E-state index contributed by atoms with van der Waals surface area (Å²) in [5, 5.41) is 8.72. The van der Waals surface area contributed by atoms with Crippen molar-refractivity contribution in [2.75, 3.05) is 0 Å². The van der Waals surface area contributed by atoms with E-state index in [0.717, 1.165) is 36.5 Å². The Kier molecular flexibility index (Phi) is 6.28. The van der Waals surface area contributed by atoms with Crippen LogP contribution in [0, 0.1) is 23.1 Å². The van der Waals surface area contributed by atoms with Crippen LogP contribution in [0.2, 0.25) is 0 Å². The molecule has 3 rings (SSSR count). The van der Waals surface area contributed by atoms with Crippen molar-refractivity contribution < 1.29 is 17.9 Å². The van der Waals surface area contributed by atoms with Crippen LogP contribution < -0.4 is 4.74 Å². The Bertz CT molecular complexity index is 834. The predicted octanol–water partition coefficient (Wildman–Crippen LogP) is 6.90. The molecule has 0 atom stereocenters. The second-order valence-electron chi connectivity index (χ2n) is 7.50. The predicted molar refractivity (Wildman–Crippen MR) is 102 cm³/mol. The van der Waals surface area contributed by atoms with Gasteiger partial charge >= 0.3 is 6.11 Å². The van der Waals surface area contributed by atoms with E-state index < -0.39 is 11.9 Å². The minimum Gasteiger partial charge on any atom is -0.429 e. The van der Waals surface area contributed by atoms with Crippen LogP contribution in [-0.4, -0.2) is 0 Å². The van der Waals surface area contributed by atoms with Crippen LogP contribution in [0.4, 0.5) is 13.2 Å². The van der Waals surface area contributed by atoms with Crippen LogP contribution in [0.15, 0.2) is 42.5 Å². The van der Waals surface area contributed by atoms with Gasteiger partial charge in [-0.2, -0.15) is 14.0 Å². The van der Waals surface area contributed by atoms with Crippen molar-refractivity contribution >= 4 is 0 Å². The maximum atomic E-state index is 14.5. The smallest absolute Gasteiger partial charge is 0.426 e. The molecular weight excluding hydrogens is 363 g/mol. The largest absolute Gasteiger partial charge is 0.429 e. The number of ether oxygens (including phenoxy) is 1. The van der Waals surface area contributed by atoms with Crippen LogP contribution in [-0.2, 0) is 6.11 Å². The summed E-state index contributed by atoms with van der Waals surface area (Å²) < 4.78 is 47.2. The van der Waals surface area contributed by atoms with Crippen molar-refractivity contribution in [3.05, 3.63) is 65.0 Å². The fraction of sp³-hybridized carbons (Fsp3) is 0.435. The van der Waals surface area contributed by atoms with Crippen LogP contribution in [0.5, 0.6) is 5.75 Å². The lowest BCUT2D eigenvalue weighted by Gasteiger charge is -2.29. The molecule has 0 bridgehead atoms. The molecule has 1 aliphatic carbocycles. The van der Waals surface area contributed by atoms with Crippen molar-refractivity contribution in [2.45, 2.75) is 57.5 Å². The van der Waals surface area contributed by atoms with Crippen molar-refractivity contribution in [3.8, 4) is 11.8 Å². The molecular formula is C23H24F3NO. The number of hydrogen-bond acceptors (Lipinski definition) is 2. The van der Waals surface area contributed by atoms with E-state index >= 15 is 0 Å². The molecule has 1 fully saturated rings. The SMILES string of the molecule is CCCC1CCC(c2ccc(C(F)(F)Oc3ccc(C#N)c(F)c3)cc2)CC1. The fourth-order valence-electron chi connectivity index (χ4n) is 4.00. The van der Waals surface area contributed by atoms with Gasteiger partial charge in [0.25, 0.3) is 0 Å². The minimum absolute atomic E-state index is 0.214. The van der Waals surface area contributed by atoms with Crippen LogP contribution in [0.3, 0.4) is 0 Å². The summed E-state index contributed by atoms with van der Waals surface area (Å²) in [4.78, 5) is 0. The summed E-state index contributed by atoms with van der Waals surface area (Å²) in [5.41, 5.74) is 0.591. The quantitative estimate of drug-likeness (QED) is 0.540. The first kappa shape index (κ1) is 20.3. The maximum absolute atomic E-state index is 14.5. The number of nitriles is 1. The Labute approximate surface area is 163 Å². The van der Waals surface area contributed by atoms with Gasteiger partial charge in [0.05, 0.1) is 11.1 Å². The molecule has 5 heteroatoms. The molecule has 0 unspecified atom stereocenters. The number of halogens is 3. The van der Waals surface area contributed by atoms with Crippen molar-refractivity contribution in [2.24, 2.45) is 5.92 Å². The third kappa shape index (κ3) is 4.67. The van der Waals surface area contributed by atoms with E-state index in [1.54, 1.807) is 18.2 Å². The zero-order valence-corrected chi connectivity index (χ0v) is 15.9. The first-order valence-electron chi connectivity index (χ1n) is 9.80. The van der Waals surface area contributed by atoms with E-state index in [1.165, 1.54) is 43.9 Å². The summed E-state index contributed by atoms with van der Waals surface area (Å²) in [5.74, 6) is 0.0139. The lowest BCUT2D eigenvalue weighted by molar-refractivity contribution is -0.185. The lowest BCUT2D eigenvalue weighted by Crippen LogP contribution is -2.22. The minimum atomic E-state index is -3.59. The molecule has 2 aromatic carbocycles. The van der Waals surface area contributed by atoms with Gasteiger partial charge in [0.2, 0.25) is 0 Å². The zero-order valence-electron chi connectivity index (χ0n) is 15.9. The second-order valence-corrected chi connectivity index (χ2v) is 7.50. The average Bonchev–Trinajstić information content (AvgIpc) is 2.69. The van der Waals surface area contributed by atoms with E-state index in [4.69, 9.17) is 10.00 Å². The third-order valence-electron chi connectivity index (χ3n) is 5.57. The van der Waals surface area contributed by atoms with Gasteiger partial charge in [0.15, 0.2) is 0 Å². The van der Waals surface area contributed by atoms with E-state index in [9.17, 15) is 13.2 Å². The van der Waals surface area contributed by atoms with E-state index in [1.807, 2.05) is 0 Å². The summed E-state index contributed by atoms with van der Waals surface area (Å²) in [6, 6.07) is 11.0. The molecule has 2 aromatic rings. The Balaban J connectivity index is 1.67. The molecule has 148 valence electrons. The highest BCUT2D eigenvalue weighted by Gasteiger charge is 2.35. The van der Waals surface area contributed by atoms with Gasteiger partial charge in [-0.25, -0.2) is 4.39 Å². The molecule has 28 heavy (non-hydrogen) atoms. The van der Waals surface area contributed by atoms with Crippen molar-refractivity contribution in [3.63, 3.8) is 0 Å². The molecule has 0 heterocycles. The molecule has 1 saturated carbocycles. The van der Waals surface area contributed by atoms with Crippen LogP contribution in [0.1, 0.15) is 68.1 Å². The van der Waals surface area contributed by atoms with Gasteiger partial charge in [-0.1, -0.05) is 31.9 Å². The Morgan fingerprint density at radius 2 is 1.75 bits per heavy atom. The number of alkyl halides is 2. The van der Waals surface area contributed by atoms with Crippen LogP contribution >= 0.6 is 0 Å². The highest BCUT2D eigenvalue weighted by atomic mass is 19.3. The summed E-state index contributed by atoms with van der Waals surface area (Å²) in [6.45, 7) is 2.21. The van der Waals surface area contributed by atoms with E-state index in [-0.39, 0.29) is 16.9 Å². The molecule has 0 spiro atoms. The lowest BCUT2D eigenvalue weighted by atomic mass is 9.77. The van der Waals surface area contributed by atoms with E-state index in [2.05, 4.69) is 6.92 Å². The highest BCUT2D eigenvalue weighted by molar-refractivity contribution is 5.37. The second kappa shape index (κ2) is 8.68. The Morgan fingerprint density at radius 3 is 2.32 bits per heavy atom. The van der Waals surface area contributed by atoms with E-state index in [0.29, 0.717) is 5.92 Å². The van der Waals surface area contributed by atoms with Gasteiger partial charge in [-0.05, 0) is 67.3 Å². The molecule has 0 amide bonds. The third-order valence-corrected chi connectivity index (χ3v) is 5.57. The standard InChI is InChI=1S/C23H24F3NO/c1-2-3-16-4-6-17(7-5-16)18-8-11-20(12-9-18)23(25,26)28-21-13-10-19(15-27)22(24)14-21/h8-14,16-17H,2-7H2,1H3. The van der Waals surface area contributed by atoms with Gasteiger partial charge < -0.3 is 4.74 Å². The van der Waals surface area contributed by atoms with Gasteiger partial charge in [-0.3, -0.25) is 0 Å². The summed E-state index contributed by atoms with van der Waals surface area (Å²) in [7, 11) is 0. The Hall–Kier alpha value is -2.48. The highest BCUT2D eigenvalue weighted by Crippen LogP contribution is 2.39. The van der Waals surface area contributed by atoms with Crippen molar-refractivity contribution in [1.82, 2.24) is 0 Å². The average molecular weight is 387 g/mol. The number of hydrogen-bond donors (Lipinski definition) is 0. The first-order valence-corrected chi connectivity index (χ1v) is 9.80. The maximum Gasteiger partial charge on any atom is 0.426 e. The molecule has 0 N–H and O–H groups in total. The molecule has 0 radical (unpaired) electrons. The first-order chi connectivity index (χ1) is 13.4. The monoisotopic (exact) mass is 387 g/mol. The zero-order chi connectivity index (χ0) is 20.1. The fourth-order valence-corrected chi connectivity index (χ4v) is 4.00. The van der Waals surface area contributed by atoms with Crippen molar-refractivity contribution in [1.29, 1.82) is 5.26 Å². The molecule has 1 aliphatic rings. The summed E-state index contributed by atoms with van der Waals surface area (Å²) >= 11 is 0. The number of rotatable bonds is 6. The Morgan fingerprint density at radius 1 is 1.07 bits per heavy atom. The number of benzene rings is 2. The van der Waals surface area contributed by atoms with Gasteiger partial charge in [0, 0.05) is 6.07 Å². The molecule has 0 aliphatic heterocycles. The summed E-state index contributed by atoms with van der Waals surface area (Å²) in [6.07, 6.45) is 3.49. The van der Waals surface area contributed by atoms with Gasteiger partial charge in [-0.15, -0.1) is 0 Å². The molecule has 0 saturated heterocycles.